The quantitative estimate of drug-likeness (QED) is 0.593. The molecule has 2 aromatic rings. The lowest BCUT2D eigenvalue weighted by Gasteiger charge is -2.01. The molecule has 0 aliphatic carbocycles. The van der Waals surface area contributed by atoms with Crippen LogP contribution in [-0.4, -0.2) is 15.0 Å². The van der Waals surface area contributed by atoms with Crippen molar-refractivity contribution in [2.24, 2.45) is 0 Å². The zero-order valence-electron chi connectivity index (χ0n) is 7.16. The maximum Gasteiger partial charge on any atom is 0.180 e. The average Bonchev–Trinajstić information content (AvgIpc) is 2.66. The van der Waals surface area contributed by atoms with E-state index in [9.17, 15) is 0 Å². The van der Waals surface area contributed by atoms with E-state index in [-0.39, 0.29) is 0 Å². The van der Waals surface area contributed by atoms with Gasteiger partial charge in [-0.1, -0.05) is 11.6 Å². The molecule has 0 aliphatic heterocycles. The van der Waals surface area contributed by atoms with Gasteiger partial charge in [0.2, 0.25) is 0 Å². The Morgan fingerprint density at radius 3 is 2.79 bits per heavy atom. The fraction of sp³-hybridized carbons (Fsp3) is 0.125. The largest absolute Gasteiger partial charge is 0.241 e. The van der Waals surface area contributed by atoms with Crippen molar-refractivity contribution in [2.75, 3.05) is 0 Å². The Kier molecular flexibility index (Phi) is 2.99. The smallest absolute Gasteiger partial charge is 0.180 e. The second-order valence-electron chi connectivity index (χ2n) is 2.61. The highest BCUT2D eigenvalue weighted by molar-refractivity contribution is 14.1. The van der Waals surface area contributed by atoms with Gasteiger partial charge in [0.05, 0.1) is 14.8 Å². The third-order valence-corrected chi connectivity index (χ3v) is 4.11. The Bertz CT molecular complexity index is 435. The summed E-state index contributed by atoms with van der Waals surface area (Å²) in [5, 5.41) is 2.39. The van der Waals surface area contributed by atoms with E-state index in [2.05, 4.69) is 37.5 Å². The minimum Gasteiger partial charge on any atom is -0.241 e. The maximum absolute atomic E-state index is 5.95. The number of hydrogen-bond donors (Lipinski definition) is 0. The van der Waals surface area contributed by atoms with Gasteiger partial charge in [-0.25, -0.2) is 15.0 Å². The molecule has 0 unspecified atom stereocenters. The molecule has 0 radical (unpaired) electrons. The molecule has 0 N–H and O–H groups in total. The Hall–Kier alpha value is -0.270. The molecule has 0 aromatic carbocycles. The van der Waals surface area contributed by atoms with Crippen LogP contribution < -0.4 is 0 Å². The Balaban J connectivity index is 2.57. The molecule has 0 fully saturated rings. The molecule has 72 valence electrons. The van der Waals surface area contributed by atoms with Crippen molar-refractivity contribution in [3.05, 3.63) is 25.3 Å². The molecule has 0 saturated heterocycles. The molecule has 0 amide bonds. The van der Waals surface area contributed by atoms with E-state index < -0.39 is 0 Å². The van der Waals surface area contributed by atoms with Crippen molar-refractivity contribution in [1.82, 2.24) is 15.0 Å². The number of rotatable bonds is 1. The number of nitrogens with zero attached hydrogens (tertiary/aromatic N) is 3. The van der Waals surface area contributed by atoms with Crippen molar-refractivity contribution < 1.29 is 0 Å². The Morgan fingerprint density at radius 2 is 2.21 bits per heavy atom. The van der Waals surface area contributed by atoms with E-state index in [1.54, 1.807) is 5.51 Å². The van der Waals surface area contributed by atoms with Crippen LogP contribution in [0.1, 0.15) is 5.69 Å². The fourth-order valence-corrected chi connectivity index (χ4v) is 1.95. The summed E-state index contributed by atoms with van der Waals surface area (Å²) >= 11 is 9.60. The molecular formula is C8H5ClIN3S. The Labute approximate surface area is 104 Å². The normalized spacial score (nSPS) is 10.5. The molecule has 6 heteroatoms. The average molecular weight is 338 g/mol. The number of halogens is 2. The van der Waals surface area contributed by atoms with Crippen molar-refractivity contribution in [3.8, 4) is 11.5 Å². The van der Waals surface area contributed by atoms with Crippen LogP contribution in [0.25, 0.3) is 11.5 Å². The standard InChI is InChI=1S/C8H5ClIN3S/c1-4-6(10)7(9)13-8(12-4)5-2-14-3-11-5/h2-3H,1H3. The van der Waals surface area contributed by atoms with E-state index in [0.29, 0.717) is 11.0 Å². The number of aryl methyl sites for hydroxylation is 1. The summed E-state index contributed by atoms with van der Waals surface area (Å²) < 4.78 is 0.892. The van der Waals surface area contributed by atoms with Crippen LogP contribution in [0.5, 0.6) is 0 Å². The zero-order valence-corrected chi connectivity index (χ0v) is 10.9. The van der Waals surface area contributed by atoms with Gasteiger partial charge in [0.1, 0.15) is 10.8 Å². The molecule has 0 atom stereocenters. The summed E-state index contributed by atoms with van der Waals surface area (Å²) in [4.78, 5) is 12.6. The fourth-order valence-electron chi connectivity index (χ4n) is 0.962. The molecular weight excluding hydrogens is 333 g/mol. The zero-order chi connectivity index (χ0) is 10.1. The molecule has 3 nitrogen and oxygen atoms in total. The van der Waals surface area contributed by atoms with Crippen LogP contribution in [0.2, 0.25) is 5.15 Å². The third kappa shape index (κ3) is 1.89. The third-order valence-electron chi connectivity index (χ3n) is 1.64. The molecule has 0 spiro atoms. The van der Waals surface area contributed by atoms with Gasteiger partial charge in [0.25, 0.3) is 0 Å². The summed E-state index contributed by atoms with van der Waals surface area (Å²) in [5.74, 6) is 0.592. The van der Waals surface area contributed by atoms with Crippen LogP contribution in [0.15, 0.2) is 10.9 Å². The minimum atomic E-state index is 0.487. The SMILES string of the molecule is Cc1nc(-c2cscn2)nc(Cl)c1I. The molecule has 2 aromatic heterocycles. The molecule has 2 rings (SSSR count). The van der Waals surface area contributed by atoms with Gasteiger partial charge in [-0.15, -0.1) is 11.3 Å². The second-order valence-corrected chi connectivity index (χ2v) is 4.77. The van der Waals surface area contributed by atoms with E-state index in [4.69, 9.17) is 11.6 Å². The van der Waals surface area contributed by atoms with Gasteiger partial charge < -0.3 is 0 Å². The first kappa shape index (κ1) is 10.3. The van der Waals surface area contributed by atoms with Crippen LogP contribution in [0, 0.1) is 10.5 Å². The number of thiazole rings is 1. The van der Waals surface area contributed by atoms with Gasteiger partial charge in [0, 0.05) is 5.38 Å². The van der Waals surface area contributed by atoms with Gasteiger partial charge in [0.15, 0.2) is 5.82 Å². The van der Waals surface area contributed by atoms with Crippen molar-refractivity contribution in [1.29, 1.82) is 0 Å². The summed E-state index contributed by atoms with van der Waals surface area (Å²) in [6, 6.07) is 0. The Morgan fingerprint density at radius 1 is 1.43 bits per heavy atom. The number of aromatic nitrogens is 3. The van der Waals surface area contributed by atoms with E-state index >= 15 is 0 Å². The first-order valence-electron chi connectivity index (χ1n) is 3.76. The topological polar surface area (TPSA) is 38.7 Å². The molecule has 14 heavy (non-hydrogen) atoms. The van der Waals surface area contributed by atoms with Crippen LogP contribution >= 0.6 is 45.5 Å². The molecule has 0 saturated carbocycles. The van der Waals surface area contributed by atoms with Crippen LogP contribution in [0.4, 0.5) is 0 Å². The second kappa shape index (κ2) is 4.08. The molecule has 2 heterocycles. The van der Waals surface area contributed by atoms with Gasteiger partial charge in [-0.2, -0.15) is 0 Å². The lowest BCUT2D eigenvalue weighted by molar-refractivity contribution is 1.08. The highest BCUT2D eigenvalue weighted by Crippen LogP contribution is 2.22. The van der Waals surface area contributed by atoms with Crippen molar-refractivity contribution >= 4 is 45.5 Å². The van der Waals surface area contributed by atoms with Gasteiger partial charge >= 0.3 is 0 Å². The highest BCUT2D eigenvalue weighted by Gasteiger charge is 2.09. The molecule has 0 bridgehead atoms. The van der Waals surface area contributed by atoms with E-state index in [1.807, 2.05) is 12.3 Å². The summed E-state index contributed by atoms with van der Waals surface area (Å²) in [6.45, 7) is 1.91. The summed E-state index contributed by atoms with van der Waals surface area (Å²) in [6.07, 6.45) is 0. The van der Waals surface area contributed by atoms with Crippen molar-refractivity contribution in [3.63, 3.8) is 0 Å². The summed E-state index contributed by atoms with van der Waals surface area (Å²) in [5.41, 5.74) is 3.41. The highest BCUT2D eigenvalue weighted by atomic mass is 127. The van der Waals surface area contributed by atoms with Crippen LogP contribution in [-0.2, 0) is 0 Å². The molecule has 0 aliphatic rings. The van der Waals surface area contributed by atoms with Gasteiger partial charge in [-0.05, 0) is 29.5 Å². The summed E-state index contributed by atoms with van der Waals surface area (Å²) in [7, 11) is 0. The van der Waals surface area contributed by atoms with Crippen LogP contribution in [0.3, 0.4) is 0 Å². The lowest BCUT2D eigenvalue weighted by Crippen LogP contribution is -1.96. The lowest BCUT2D eigenvalue weighted by atomic mass is 10.4. The predicted octanol–water partition coefficient (Wildman–Crippen LogP) is 3.17. The van der Waals surface area contributed by atoms with Gasteiger partial charge in [-0.3, -0.25) is 0 Å². The minimum absolute atomic E-state index is 0.487. The first-order chi connectivity index (χ1) is 6.68. The number of hydrogen-bond acceptors (Lipinski definition) is 4. The maximum atomic E-state index is 5.95. The van der Waals surface area contributed by atoms with E-state index in [0.717, 1.165) is 15.0 Å². The monoisotopic (exact) mass is 337 g/mol. The van der Waals surface area contributed by atoms with E-state index in [1.165, 1.54) is 11.3 Å². The predicted molar refractivity (Wildman–Crippen MR) is 65.6 cm³/mol. The van der Waals surface area contributed by atoms with Crippen molar-refractivity contribution in [2.45, 2.75) is 6.92 Å². The first-order valence-corrected chi connectivity index (χ1v) is 6.16.